The number of imidazole rings is 1. The molecule has 0 atom stereocenters. The summed E-state index contributed by atoms with van der Waals surface area (Å²) in [5.41, 5.74) is 7.87. The van der Waals surface area contributed by atoms with Crippen LogP contribution in [0.5, 0.6) is 0 Å². The third-order valence-corrected chi connectivity index (χ3v) is 7.65. The summed E-state index contributed by atoms with van der Waals surface area (Å²) in [7, 11) is -3.12. The smallest absolute Gasteiger partial charge is 0.330 e. The number of carbonyl (C=O) groups is 1. The van der Waals surface area contributed by atoms with Crippen molar-refractivity contribution in [3.05, 3.63) is 53.9 Å². The molecule has 34 heavy (non-hydrogen) atoms. The zero-order valence-corrected chi connectivity index (χ0v) is 20.3. The largest absolute Gasteiger partial charge is 0.383 e. The second-order valence-electron chi connectivity index (χ2n) is 7.84. The fourth-order valence-corrected chi connectivity index (χ4v) is 5.61. The fraction of sp³-hybridized carbons (Fsp3) is 0.391. The van der Waals surface area contributed by atoms with Crippen molar-refractivity contribution in [1.82, 2.24) is 19.5 Å². The lowest BCUT2D eigenvalue weighted by Crippen LogP contribution is -2.26. The van der Waals surface area contributed by atoms with Gasteiger partial charge in [0.15, 0.2) is 11.6 Å². The van der Waals surface area contributed by atoms with E-state index in [-0.39, 0.29) is 18.1 Å². The van der Waals surface area contributed by atoms with Crippen molar-refractivity contribution in [2.75, 3.05) is 30.0 Å². The maximum atomic E-state index is 12.7. The number of nitrogens with two attached hydrogens (primary N) is 1. The van der Waals surface area contributed by atoms with Crippen molar-refractivity contribution in [2.45, 2.75) is 39.8 Å². The minimum Gasteiger partial charge on any atom is -0.383 e. The number of rotatable bonds is 11. The van der Waals surface area contributed by atoms with Gasteiger partial charge >= 0.3 is 7.60 Å². The summed E-state index contributed by atoms with van der Waals surface area (Å²) < 4.78 is 25.4. The Balaban J connectivity index is 1.55. The van der Waals surface area contributed by atoms with Crippen molar-refractivity contribution < 1.29 is 18.4 Å². The maximum absolute atomic E-state index is 12.7. The lowest BCUT2D eigenvalue weighted by molar-refractivity contribution is -0.117. The Bertz CT molecular complexity index is 1190. The summed E-state index contributed by atoms with van der Waals surface area (Å²) in [6.45, 7) is 5.16. The first-order valence-corrected chi connectivity index (χ1v) is 13.1. The van der Waals surface area contributed by atoms with Gasteiger partial charge in [-0.1, -0.05) is 30.3 Å². The Kier molecular flexibility index (Phi) is 7.41. The number of hydrogen-bond donors (Lipinski definition) is 1. The van der Waals surface area contributed by atoms with E-state index < -0.39 is 7.60 Å². The molecule has 0 saturated heterocycles. The maximum Gasteiger partial charge on any atom is 0.330 e. The first-order valence-electron chi connectivity index (χ1n) is 11.3. The lowest BCUT2D eigenvalue weighted by Gasteiger charge is -2.18. The normalized spacial score (nSPS) is 13.5. The quantitative estimate of drug-likeness (QED) is 0.409. The molecule has 0 fully saturated rings. The molecule has 1 aliphatic rings. The van der Waals surface area contributed by atoms with Crippen LogP contribution in [0.4, 0.5) is 11.6 Å². The highest BCUT2D eigenvalue weighted by atomic mass is 31.2. The highest BCUT2D eigenvalue weighted by Gasteiger charge is 2.32. The number of nitrogen functional groups attached to an aromatic ring is 1. The summed E-state index contributed by atoms with van der Waals surface area (Å²) in [4.78, 5) is 27.9. The summed E-state index contributed by atoms with van der Waals surface area (Å²) in [6, 6.07) is 9.73. The van der Waals surface area contributed by atoms with E-state index in [1.165, 1.54) is 0 Å². The van der Waals surface area contributed by atoms with Gasteiger partial charge in [-0.2, -0.15) is 0 Å². The molecule has 0 unspecified atom stereocenters. The van der Waals surface area contributed by atoms with E-state index in [2.05, 4.69) is 15.0 Å². The van der Waals surface area contributed by atoms with Gasteiger partial charge in [0.05, 0.1) is 32.3 Å². The van der Waals surface area contributed by atoms with Gasteiger partial charge in [0.1, 0.15) is 11.6 Å². The average Bonchev–Trinajstić information content (AvgIpc) is 3.40. The van der Waals surface area contributed by atoms with Crippen molar-refractivity contribution in [3.8, 4) is 11.6 Å². The predicted octanol–water partition coefficient (Wildman–Crippen LogP) is 3.67. The number of carbonyl (C=O) groups excluding carboxylic acids is 1. The number of anilines is 2. The molecule has 10 nitrogen and oxygen atoms in total. The predicted molar refractivity (Wildman–Crippen MR) is 129 cm³/mol. The van der Waals surface area contributed by atoms with Gasteiger partial charge in [0, 0.05) is 24.5 Å². The van der Waals surface area contributed by atoms with E-state index in [0.717, 1.165) is 5.56 Å². The standard InChI is InChI=1S/C23H29N6O4P/c1-3-32-34(31,33-4-2)14-8-12-28-13-11-25-23(28)21-26-20(24)18-15-19(30)29(22(18)27-21)16-17-9-6-5-7-10-17/h5-7,9-11,13H,3-4,8,12,14-16H2,1-2H3,(H2,24,26,27). The summed E-state index contributed by atoms with van der Waals surface area (Å²) in [5.74, 6) is 1.59. The summed E-state index contributed by atoms with van der Waals surface area (Å²) in [6.07, 6.45) is 4.48. The van der Waals surface area contributed by atoms with E-state index in [9.17, 15) is 9.36 Å². The second kappa shape index (κ2) is 10.5. The average molecular weight is 484 g/mol. The molecule has 0 aliphatic carbocycles. The first-order chi connectivity index (χ1) is 16.4. The van der Waals surface area contributed by atoms with Gasteiger partial charge in [0.2, 0.25) is 5.91 Å². The Labute approximate surface area is 198 Å². The minimum absolute atomic E-state index is 0.0667. The van der Waals surface area contributed by atoms with E-state index in [1.54, 1.807) is 31.1 Å². The van der Waals surface area contributed by atoms with Crippen LogP contribution in [-0.4, -0.2) is 44.8 Å². The Morgan fingerprint density at radius 1 is 1.12 bits per heavy atom. The lowest BCUT2D eigenvalue weighted by atomic mass is 10.2. The molecule has 4 rings (SSSR count). The van der Waals surface area contributed by atoms with Gasteiger partial charge in [-0.15, -0.1) is 0 Å². The highest BCUT2D eigenvalue weighted by Crippen LogP contribution is 2.48. The van der Waals surface area contributed by atoms with Crippen LogP contribution >= 0.6 is 7.60 Å². The van der Waals surface area contributed by atoms with Crippen LogP contribution in [-0.2, 0) is 37.9 Å². The molecule has 1 amide bonds. The topological polar surface area (TPSA) is 125 Å². The third-order valence-electron chi connectivity index (χ3n) is 5.48. The fourth-order valence-electron chi connectivity index (χ4n) is 3.97. The molecule has 11 heteroatoms. The number of aromatic nitrogens is 4. The summed E-state index contributed by atoms with van der Waals surface area (Å²) >= 11 is 0. The number of nitrogens with zero attached hydrogens (tertiary/aromatic N) is 5. The van der Waals surface area contributed by atoms with Crippen LogP contribution < -0.4 is 10.6 Å². The van der Waals surface area contributed by atoms with E-state index in [0.29, 0.717) is 61.9 Å². The first kappa shape index (κ1) is 24.1. The zero-order chi connectivity index (χ0) is 24.1. The Morgan fingerprint density at radius 3 is 2.56 bits per heavy atom. The van der Waals surface area contributed by atoms with E-state index in [1.807, 2.05) is 34.9 Å². The number of amides is 1. The number of aryl methyl sites for hydroxylation is 1. The van der Waals surface area contributed by atoms with Crippen LogP contribution in [0, 0.1) is 0 Å². The highest BCUT2D eigenvalue weighted by molar-refractivity contribution is 7.53. The van der Waals surface area contributed by atoms with Crippen LogP contribution in [0.2, 0.25) is 0 Å². The van der Waals surface area contributed by atoms with Gasteiger partial charge in [-0.05, 0) is 25.8 Å². The van der Waals surface area contributed by atoms with Gasteiger partial charge in [0.25, 0.3) is 0 Å². The monoisotopic (exact) mass is 484 g/mol. The Hall–Kier alpha value is -3.07. The molecule has 2 N–H and O–H groups in total. The molecule has 1 aliphatic heterocycles. The minimum atomic E-state index is -3.12. The molecule has 180 valence electrons. The van der Waals surface area contributed by atoms with Gasteiger partial charge in [-0.25, -0.2) is 15.0 Å². The van der Waals surface area contributed by atoms with Crippen LogP contribution in [0.3, 0.4) is 0 Å². The van der Waals surface area contributed by atoms with Gasteiger partial charge in [-0.3, -0.25) is 14.3 Å². The second-order valence-corrected chi connectivity index (χ2v) is 10.0. The van der Waals surface area contributed by atoms with Crippen molar-refractivity contribution in [1.29, 1.82) is 0 Å². The molecule has 3 aromatic rings. The molecular weight excluding hydrogens is 455 g/mol. The zero-order valence-electron chi connectivity index (χ0n) is 19.4. The third kappa shape index (κ3) is 5.19. The molecular formula is C23H29N6O4P. The summed E-state index contributed by atoms with van der Waals surface area (Å²) in [5, 5.41) is 0. The van der Waals surface area contributed by atoms with Crippen molar-refractivity contribution in [2.24, 2.45) is 0 Å². The number of fused-ring (bicyclic) bond motifs is 1. The van der Waals surface area contributed by atoms with Gasteiger partial charge < -0.3 is 19.3 Å². The molecule has 0 radical (unpaired) electrons. The molecule has 2 aromatic heterocycles. The number of benzene rings is 1. The van der Waals surface area contributed by atoms with Crippen LogP contribution in [0.15, 0.2) is 42.7 Å². The van der Waals surface area contributed by atoms with Crippen molar-refractivity contribution >= 4 is 25.1 Å². The van der Waals surface area contributed by atoms with Crippen molar-refractivity contribution in [3.63, 3.8) is 0 Å². The SMILES string of the molecule is CCOP(=O)(CCCn1ccnc1-c1nc(N)c2c(n1)N(Cc1ccccc1)C(=O)C2)OCC. The van der Waals surface area contributed by atoms with Crippen LogP contribution in [0.25, 0.3) is 11.6 Å². The van der Waals surface area contributed by atoms with Crippen LogP contribution in [0.1, 0.15) is 31.4 Å². The molecule has 0 bridgehead atoms. The van der Waals surface area contributed by atoms with E-state index >= 15 is 0 Å². The molecule has 3 heterocycles. The van der Waals surface area contributed by atoms with E-state index in [4.69, 9.17) is 14.8 Å². The molecule has 0 spiro atoms. The molecule has 0 saturated carbocycles. The number of hydrogen-bond acceptors (Lipinski definition) is 8. The Morgan fingerprint density at radius 2 is 1.85 bits per heavy atom. The molecule has 1 aromatic carbocycles.